The molecule has 10 heteroatoms. The van der Waals surface area contributed by atoms with Gasteiger partial charge in [-0.2, -0.15) is 0 Å². The SMILES string of the molecule is CCC(=O)CC(C(=O)O)N1CCN(CC(=O)O)CCN(CC(=O)O)CC1. The number of hydrogen-bond acceptors (Lipinski definition) is 7. The highest BCUT2D eigenvalue weighted by Gasteiger charge is 2.29. The van der Waals surface area contributed by atoms with Crippen molar-refractivity contribution in [3.63, 3.8) is 0 Å². The van der Waals surface area contributed by atoms with Crippen molar-refractivity contribution >= 4 is 23.7 Å². The van der Waals surface area contributed by atoms with Gasteiger partial charge >= 0.3 is 17.9 Å². The van der Waals surface area contributed by atoms with Crippen LogP contribution in [-0.4, -0.2) is 112 Å². The Morgan fingerprint density at radius 2 is 1.23 bits per heavy atom. The number of hydrogen-bond donors (Lipinski definition) is 3. The topological polar surface area (TPSA) is 139 Å². The van der Waals surface area contributed by atoms with Gasteiger partial charge in [0.05, 0.1) is 13.1 Å². The van der Waals surface area contributed by atoms with E-state index in [0.29, 0.717) is 39.3 Å². The van der Waals surface area contributed by atoms with Gasteiger partial charge in [0.15, 0.2) is 0 Å². The first kappa shape index (κ1) is 22.0. The van der Waals surface area contributed by atoms with E-state index in [1.807, 2.05) is 0 Å². The zero-order valence-corrected chi connectivity index (χ0v) is 15.0. The molecule has 0 aromatic carbocycles. The van der Waals surface area contributed by atoms with Crippen molar-refractivity contribution in [3.05, 3.63) is 0 Å². The maximum absolute atomic E-state index is 11.7. The molecule has 0 radical (unpaired) electrons. The summed E-state index contributed by atoms with van der Waals surface area (Å²) in [6.45, 7) is 3.25. The van der Waals surface area contributed by atoms with Gasteiger partial charge in [-0.3, -0.25) is 33.9 Å². The van der Waals surface area contributed by atoms with E-state index in [9.17, 15) is 24.3 Å². The molecule has 1 fully saturated rings. The number of rotatable bonds is 9. The fourth-order valence-corrected chi connectivity index (χ4v) is 2.90. The average molecular weight is 373 g/mol. The molecule has 1 rings (SSSR count). The van der Waals surface area contributed by atoms with Crippen LogP contribution in [-0.2, 0) is 19.2 Å². The van der Waals surface area contributed by atoms with Crippen LogP contribution < -0.4 is 0 Å². The van der Waals surface area contributed by atoms with Crippen LogP contribution in [0, 0.1) is 0 Å². The van der Waals surface area contributed by atoms with E-state index in [0.717, 1.165) is 0 Å². The maximum Gasteiger partial charge on any atom is 0.321 e. The van der Waals surface area contributed by atoms with E-state index in [1.165, 1.54) is 0 Å². The van der Waals surface area contributed by atoms with Crippen LogP contribution in [0.15, 0.2) is 0 Å². The molecule has 148 valence electrons. The zero-order chi connectivity index (χ0) is 19.7. The summed E-state index contributed by atoms with van der Waals surface area (Å²) in [6.07, 6.45) is 0.123. The summed E-state index contributed by atoms with van der Waals surface area (Å²) in [7, 11) is 0. The standard InChI is InChI=1S/C16H27N3O7/c1-2-12(20)9-13(16(25)26)19-7-5-17(10-14(21)22)3-4-18(6-8-19)11-15(23)24/h13H,2-11H2,1H3,(H,21,22)(H,23,24)(H,25,26). The second kappa shape index (κ2) is 10.8. The van der Waals surface area contributed by atoms with Crippen molar-refractivity contribution in [2.45, 2.75) is 25.8 Å². The molecule has 1 aliphatic heterocycles. The molecule has 0 amide bonds. The molecule has 26 heavy (non-hydrogen) atoms. The Labute approximate surface area is 152 Å². The van der Waals surface area contributed by atoms with Crippen LogP contribution in [0.4, 0.5) is 0 Å². The summed E-state index contributed by atoms with van der Waals surface area (Å²) in [5.41, 5.74) is 0. The summed E-state index contributed by atoms with van der Waals surface area (Å²) in [5.74, 6) is -3.28. The molecule has 1 unspecified atom stereocenters. The molecule has 10 nitrogen and oxygen atoms in total. The molecule has 1 atom stereocenters. The predicted molar refractivity (Wildman–Crippen MR) is 91.1 cm³/mol. The van der Waals surface area contributed by atoms with Crippen molar-refractivity contribution in [1.29, 1.82) is 0 Å². The number of carbonyl (C=O) groups excluding carboxylic acids is 1. The molecule has 0 saturated carbocycles. The highest BCUT2D eigenvalue weighted by Crippen LogP contribution is 2.10. The molecule has 1 aliphatic rings. The van der Waals surface area contributed by atoms with Gasteiger partial charge in [0.25, 0.3) is 0 Å². The van der Waals surface area contributed by atoms with Gasteiger partial charge in [-0.15, -0.1) is 0 Å². The number of carbonyl (C=O) groups is 4. The Hall–Kier alpha value is -2.04. The number of carboxylic acids is 3. The fourth-order valence-electron chi connectivity index (χ4n) is 2.90. The van der Waals surface area contributed by atoms with Gasteiger partial charge < -0.3 is 15.3 Å². The minimum absolute atomic E-state index is 0.121. The number of nitrogens with zero attached hydrogens (tertiary/aromatic N) is 3. The summed E-state index contributed by atoms with van der Waals surface area (Å²) in [4.78, 5) is 50.3. The van der Waals surface area contributed by atoms with Crippen LogP contribution in [0.1, 0.15) is 19.8 Å². The van der Waals surface area contributed by atoms with Gasteiger partial charge in [-0.25, -0.2) is 0 Å². The fraction of sp³-hybridized carbons (Fsp3) is 0.750. The molecule has 0 aliphatic carbocycles. The van der Waals surface area contributed by atoms with Gasteiger partial charge in [-0.1, -0.05) is 6.92 Å². The lowest BCUT2D eigenvalue weighted by molar-refractivity contribution is -0.146. The second-order valence-corrected chi connectivity index (χ2v) is 6.33. The van der Waals surface area contributed by atoms with Crippen molar-refractivity contribution < 1.29 is 34.5 Å². The minimum Gasteiger partial charge on any atom is -0.480 e. The molecular formula is C16H27N3O7. The van der Waals surface area contributed by atoms with Crippen LogP contribution in [0.2, 0.25) is 0 Å². The Bertz CT molecular complexity index is 498. The Balaban J connectivity index is 2.93. The van der Waals surface area contributed by atoms with Crippen LogP contribution in [0.3, 0.4) is 0 Å². The van der Waals surface area contributed by atoms with Crippen molar-refractivity contribution in [1.82, 2.24) is 14.7 Å². The van der Waals surface area contributed by atoms with Crippen molar-refractivity contribution in [3.8, 4) is 0 Å². The van der Waals surface area contributed by atoms with Gasteiger partial charge in [0.2, 0.25) is 0 Å². The highest BCUT2D eigenvalue weighted by molar-refractivity contribution is 5.85. The molecular weight excluding hydrogens is 346 g/mol. The van der Waals surface area contributed by atoms with Crippen LogP contribution in [0.25, 0.3) is 0 Å². The molecule has 0 spiro atoms. The van der Waals surface area contributed by atoms with Crippen molar-refractivity contribution in [2.75, 3.05) is 52.4 Å². The quantitative estimate of drug-likeness (QED) is 0.456. The summed E-state index contributed by atoms with van der Waals surface area (Å²) < 4.78 is 0. The van der Waals surface area contributed by atoms with E-state index >= 15 is 0 Å². The smallest absolute Gasteiger partial charge is 0.321 e. The molecule has 1 saturated heterocycles. The third-order valence-electron chi connectivity index (χ3n) is 4.40. The lowest BCUT2D eigenvalue weighted by Crippen LogP contribution is -2.48. The molecule has 0 bridgehead atoms. The lowest BCUT2D eigenvalue weighted by atomic mass is 10.1. The number of carboxylic acid groups (broad SMARTS) is 3. The van der Waals surface area contributed by atoms with Gasteiger partial charge in [0, 0.05) is 52.1 Å². The maximum atomic E-state index is 11.7. The molecule has 3 N–H and O–H groups in total. The summed E-state index contributed by atoms with van der Waals surface area (Å²) in [6, 6.07) is -1.00. The molecule has 0 aromatic heterocycles. The first-order chi connectivity index (χ1) is 12.2. The van der Waals surface area contributed by atoms with Crippen LogP contribution >= 0.6 is 0 Å². The Kier molecular flexibility index (Phi) is 9.17. The Morgan fingerprint density at radius 3 is 1.58 bits per heavy atom. The second-order valence-electron chi connectivity index (χ2n) is 6.33. The molecule has 0 aromatic rings. The lowest BCUT2D eigenvalue weighted by Gasteiger charge is -2.30. The first-order valence-electron chi connectivity index (χ1n) is 8.59. The highest BCUT2D eigenvalue weighted by atomic mass is 16.4. The summed E-state index contributed by atoms with van der Waals surface area (Å²) >= 11 is 0. The van der Waals surface area contributed by atoms with E-state index < -0.39 is 23.9 Å². The third kappa shape index (κ3) is 7.89. The Morgan fingerprint density at radius 1 is 0.808 bits per heavy atom. The van der Waals surface area contributed by atoms with E-state index in [4.69, 9.17) is 10.2 Å². The normalized spacial score (nSPS) is 19.1. The van der Waals surface area contributed by atoms with Gasteiger partial charge in [-0.05, 0) is 0 Å². The van der Waals surface area contributed by atoms with Gasteiger partial charge in [0.1, 0.15) is 11.8 Å². The summed E-state index contributed by atoms with van der Waals surface area (Å²) in [5, 5.41) is 27.6. The average Bonchev–Trinajstić information content (AvgIpc) is 2.63. The number of ketones is 1. The third-order valence-corrected chi connectivity index (χ3v) is 4.40. The van der Waals surface area contributed by atoms with E-state index in [1.54, 1.807) is 21.6 Å². The largest absolute Gasteiger partial charge is 0.480 e. The van der Waals surface area contributed by atoms with E-state index in [2.05, 4.69) is 0 Å². The van der Waals surface area contributed by atoms with Crippen molar-refractivity contribution in [2.24, 2.45) is 0 Å². The number of Topliss-reactive ketones (excluding diaryl/α,β-unsaturated/α-hetero) is 1. The molecule has 1 heterocycles. The van der Waals surface area contributed by atoms with Crippen LogP contribution in [0.5, 0.6) is 0 Å². The number of aliphatic carboxylic acids is 3. The zero-order valence-electron chi connectivity index (χ0n) is 15.0. The predicted octanol–water partition coefficient (Wildman–Crippen LogP) is -1.10. The van der Waals surface area contributed by atoms with E-state index in [-0.39, 0.29) is 31.7 Å². The monoisotopic (exact) mass is 373 g/mol. The first-order valence-corrected chi connectivity index (χ1v) is 8.59. The minimum atomic E-state index is -1.11.